The predicted octanol–water partition coefficient (Wildman–Crippen LogP) is 2.09. The van der Waals surface area contributed by atoms with Gasteiger partial charge in [-0.15, -0.1) is 0 Å². The Morgan fingerprint density at radius 3 is 2.48 bits per heavy atom. The molecule has 1 aromatic rings. The number of amides is 2. The molecule has 2 fully saturated rings. The second kappa shape index (κ2) is 5.67. The summed E-state index contributed by atoms with van der Waals surface area (Å²) < 4.78 is 28.1. The maximum Gasteiger partial charge on any atom is 0.267 e. The topological polar surface area (TPSA) is 58.2 Å². The minimum atomic E-state index is -2.77. The second-order valence-electron chi connectivity index (χ2n) is 6.61. The first-order valence-corrected chi connectivity index (χ1v) is 7.86. The summed E-state index contributed by atoms with van der Waals surface area (Å²) in [6.45, 7) is 2.05. The summed E-state index contributed by atoms with van der Waals surface area (Å²) in [4.78, 5) is 23.5. The van der Waals surface area contributed by atoms with Gasteiger partial charge in [0.05, 0.1) is 17.9 Å². The quantitative estimate of drug-likeness (QED) is 0.820. The first-order chi connectivity index (χ1) is 10.8. The molecular formula is C17H20F2N2O2. The molecule has 124 valence electrons. The van der Waals surface area contributed by atoms with Gasteiger partial charge in [-0.2, -0.15) is 0 Å². The average Bonchev–Trinajstić information content (AvgIpc) is 2.51. The van der Waals surface area contributed by atoms with Crippen molar-refractivity contribution in [3.05, 3.63) is 35.4 Å². The molecule has 2 aliphatic heterocycles. The molecule has 23 heavy (non-hydrogen) atoms. The number of hydrogen-bond acceptors (Lipinski definition) is 3. The van der Waals surface area contributed by atoms with Crippen LogP contribution in [0.3, 0.4) is 0 Å². The molecule has 0 saturated carbocycles. The zero-order valence-corrected chi connectivity index (χ0v) is 13.0. The van der Waals surface area contributed by atoms with Crippen LogP contribution in [-0.4, -0.2) is 30.8 Å². The fraction of sp³-hybridized carbons (Fsp3) is 0.529. The lowest BCUT2D eigenvalue weighted by atomic mass is 9.75. The van der Waals surface area contributed by atoms with Gasteiger partial charge in [-0.25, -0.2) is 8.78 Å². The number of carbonyl (C=O) groups excluding carboxylic acids is 2. The first-order valence-electron chi connectivity index (χ1n) is 7.86. The average molecular weight is 322 g/mol. The Kier molecular flexibility index (Phi) is 3.96. The molecule has 2 saturated heterocycles. The van der Waals surface area contributed by atoms with Gasteiger partial charge in [-0.3, -0.25) is 14.9 Å². The first kappa shape index (κ1) is 16.1. The van der Waals surface area contributed by atoms with Crippen LogP contribution in [0.4, 0.5) is 8.78 Å². The van der Waals surface area contributed by atoms with Crippen LogP contribution in [0.5, 0.6) is 0 Å². The van der Waals surface area contributed by atoms with Gasteiger partial charge in [-0.05, 0) is 37.4 Å². The van der Waals surface area contributed by atoms with E-state index in [1.165, 1.54) is 0 Å². The molecule has 2 atom stereocenters. The zero-order valence-electron chi connectivity index (χ0n) is 13.0. The molecular weight excluding hydrogens is 302 g/mol. The highest BCUT2D eigenvalue weighted by atomic mass is 19.3. The molecule has 3 rings (SSSR count). The van der Waals surface area contributed by atoms with Crippen molar-refractivity contribution in [3.63, 3.8) is 0 Å². The van der Waals surface area contributed by atoms with Gasteiger partial charge >= 0.3 is 0 Å². The number of alkyl halides is 2. The van der Waals surface area contributed by atoms with Gasteiger partial charge in [0.25, 0.3) is 5.92 Å². The van der Waals surface area contributed by atoms with Crippen molar-refractivity contribution in [1.82, 2.24) is 10.6 Å². The molecule has 1 aromatic carbocycles. The smallest absolute Gasteiger partial charge is 0.267 e. The number of hydrogen-bond donors (Lipinski definition) is 2. The van der Waals surface area contributed by atoms with E-state index < -0.39 is 17.3 Å². The molecule has 2 aliphatic rings. The van der Waals surface area contributed by atoms with E-state index in [4.69, 9.17) is 0 Å². The summed E-state index contributed by atoms with van der Waals surface area (Å²) in [6, 6.07) is 6.86. The van der Waals surface area contributed by atoms with Gasteiger partial charge in [0, 0.05) is 6.42 Å². The van der Waals surface area contributed by atoms with E-state index >= 15 is 0 Å². The molecule has 2 amide bonds. The number of benzene rings is 1. The van der Waals surface area contributed by atoms with E-state index in [0.29, 0.717) is 24.9 Å². The molecule has 0 aliphatic carbocycles. The van der Waals surface area contributed by atoms with E-state index in [2.05, 4.69) is 10.6 Å². The van der Waals surface area contributed by atoms with Crippen LogP contribution in [0.25, 0.3) is 0 Å². The van der Waals surface area contributed by atoms with Gasteiger partial charge in [0.1, 0.15) is 0 Å². The van der Waals surface area contributed by atoms with Crippen LogP contribution in [0, 0.1) is 0 Å². The highest BCUT2D eigenvalue weighted by Gasteiger charge is 2.43. The fourth-order valence-electron chi connectivity index (χ4n) is 3.41. The van der Waals surface area contributed by atoms with Crippen LogP contribution in [0.1, 0.15) is 43.2 Å². The molecule has 0 radical (unpaired) electrons. The predicted molar refractivity (Wildman–Crippen MR) is 81.4 cm³/mol. The van der Waals surface area contributed by atoms with E-state index in [0.717, 1.165) is 5.56 Å². The third-order valence-corrected chi connectivity index (χ3v) is 5.04. The monoisotopic (exact) mass is 322 g/mol. The molecule has 4 nitrogen and oxygen atoms in total. The molecule has 0 aromatic heterocycles. The Morgan fingerprint density at radius 2 is 1.87 bits per heavy atom. The van der Waals surface area contributed by atoms with Gasteiger partial charge in [0.2, 0.25) is 11.8 Å². The van der Waals surface area contributed by atoms with Crippen molar-refractivity contribution in [2.75, 3.05) is 13.1 Å². The van der Waals surface area contributed by atoms with Crippen molar-refractivity contribution in [2.45, 2.75) is 43.4 Å². The van der Waals surface area contributed by atoms with Crippen LogP contribution in [0.15, 0.2) is 24.3 Å². The summed E-state index contributed by atoms with van der Waals surface area (Å²) in [6.07, 6.45) is 1.11. The van der Waals surface area contributed by atoms with Crippen molar-refractivity contribution >= 4 is 11.8 Å². The van der Waals surface area contributed by atoms with Gasteiger partial charge < -0.3 is 5.32 Å². The lowest BCUT2D eigenvalue weighted by Gasteiger charge is -2.34. The summed E-state index contributed by atoms with van der Waals surface area (Å²) in [7, 11) is 0. The van der Waals surface area contributed by atoms with Gasteiger partial charge in [-0.1, -0.05) is 24.3 Å². The van der Waals surface area contributed by atoms with Crippen molar-refractivity contribution in [3.8, 4) is 0 Å². The number of halogens is 2. The van der Waals surface area contributed by atoms with Crippen LogP contribution in [-0.2, 0) is 15.0 Å². The van der Waals surface area contributed by atoms with Crippen molar-refractivity contribution in [2.24, 2.45) is 0 Å². The van der Waals surface area contributed by atoms with E-state index in [1.807, 2.05) is 0 Å². The second-order valence-corrected chi connectivity index (χ2v) is 6.61. The molecule has 6 heteroatoms. The number of piperidine rings is 2. The van der Waals surface area contributed by atoms with E-state index in [1.54, 1.807) is 31.2 Å². The third-order valence-electron chi connectivity index (χ3n) is 5.04. The van der Waals surface area contributed by atoms with Crippen molar-refractivity contribution < 1.29 is 18.4 Å². The lowest BCUT2D eigenvalue weighted by molar-refractivity contribution is -0.137. The Hall–Kier alpha value is -1.82. The highest BCUT2D eigenvalue weighted by molar-refractivity contribution is 6.03. The number of nitrogens with one attached hydrogen (secondary N) is 2. The normalized spacial score (nSPS) is 30.8. The van der Waals surface area contributed by atoms with Crippen molar-refractivity contribution in [1.29, 1.82) is 0 Å². The Balaban J connectivity index is 1.85. The van der Waals surface area contributed by atoms with Crippen LogP contribution >= 0.6 is 0 Å². The van der Waals surface area contributed by atoms with Gasteiger partial charge in [0.15, 0.2) is 0 Å². The molecule has 2 N–H and O–H groups in total. The maximum atomic E-state index is 14.0. The maximum absolute atomic E-state index is 14.0. The molecule has 2 heterocycles. The number of carbonyl (C=O) groups is 2. The summed E-state index contributed by atoms with van der Waals surface area (Å²) in [5.74, 6) is -4.15. The number of imide groups is 1. The minimum absolute atomic E-state index is 0.265. The Bertz CT molecular complexity index is 630. The van der Waals surface area contributed by atoms with Crippen LogP contribution < -0.4 is 10.6 Å². The summed E-state index contributed by atoms with van der Waals surface area (Å²) >= 11 is 0. The highest BCUT2D eigenvalue weighted by Crippen LogP contribution is 2.39. The SMILES string of the molecule is CC1(c2ccc(C3CCNCC3(F)F)cc2)CCC(=O)NC1=O. The molecule has 0 spiro atoms. The Morgan fingerprint density at radius 1 is 1.17 bits per heavy atom. The molecule has 2 unspecified atom stereocenters. The van der Waals surface area contributed by atoms with E-state index in [-0.39, 0.29) is 24.8 Å². The third kappa shape index (κ3) is 2.87. The minimum Gasteiger partial charge on any atom is -0.311 e. The zero-order chi connectivity index (χ0) is 16.7. The number of rotatable bonds is 2. The summed E-state index contributed by atoms with van der Waals surface area (Å²) in [5, 5.41) is 5.07. The fourth-order valence-corrected chi connectivity index (χ4v) is 3.41. The Labute approximate surface area is 133 Å². The van der Waals surface area contributed by atoms with Crippen LogP contribution in [0.2, 0.25) is 0 Å². The largest absolute Gasteiger partial charge is 0.311 e. The van der Waals surface area contributed by atoms with E-state index in [9.17, 15) is 18.4 Å². The standard InChI is InChI=1S/C17H20F2N2O2/c1-16(8-6-14(22)21-15(16)23)12-4-2-11(3-5-12)13-7-9-20-10-17(13,18)19/h2-5,13,20H,6-10H2,1H3,(H,21,22,23). The lowest BCUT2D eigenvalue weighted by Crippen LogP contribution is -2.49. The summed E-state index contributed by atoms with van der Waals surface area (Å²) in [5.41, 5.74) is 0.558. The molecule has 0 bridgehead atoms.